The summed E-state index contributed by atoms with van der Waals surface area (Å²) in [5.41, 5.74) is 5.48. The molecule has 0 aliphatic heterocycles. The van der Waals surface area contributed by atoms with Crippen molar-refractivity contribution in [1.29, 1.82) is 0 Å². The van der Waals surface area contributed by atoms with E-state index in [-0.39, 0.29) is 18.3 Å². The number of aromatic nitrogens is 1. The molecule has 1 aromatic rings. The largest absolute Gasteiger partial charge is 0.409 e. The van der Waals surface area contributed by atoms with Gasteiger partial charge in [-0.25, -0.2) is 0 Å². The van der Waals surface area contributed by atoms with Crippen LogP contribution in [0.3, 0.4) is 0 Å². The second kappa shape index (κ2) is 5.73. The van der Waals surface area contributed by atoms with Gasteiger partial charge in [0.1, 0.15) is 17.4 Å². The summed E-state index contributed by atoms with van der Waals surface area (Å²) < 4.78 is 4.70. The fourth-order valence-corrected chi connectivity index (χ4v) is 2.52. The average molecular weight is 266 g/mol. The molecule has 0 aromatic carbocycles. The lowest BCUT2D eigenvalue weighted by atomic mass is 9.72. The van der Waals surface area contributed by atoms with E-state index >= 15 is 0 Å². The van der Waals surface area contributed by atoms with Gasteiger partial charge in [-0.2, -0.15) is 0 Å². The van der Waals surface area contributed by atoms with Crippen LogP contribution in [-0.2, 0) is 11.3 Å². The zero-order valence-electron chi connectivity index (χ0n) is 10.6. The molecule has 1 amide bonds. The molecule has 4 N–H and O–H groups in total. The van der Waals surface area contributed by atoms with Gasteiger partial charge in [0.25, 0.3) is 0 Å². The van der Waals surface area contributed by atoms with Crippen molar-refractivity contribution < 1.29 is 14.5 Å². The van der Waals surface area contributed by atoms with Gasteiger partial charge in [0.15, 0.2) is 5.84 Å². The maximum absolute atomic E-state index is 12.4. The van der Waals surface area contributed by atoms with Crippen molar-refractivity contribution in [3.63, 3.8) is 0 Å². The number of nitrogens with zero attached hydrogens (tertiary/aromatic N) is 2. The summed E-state index contributed by atoms with van der Waals surface area (Å²) in [6.45, 7) is 0.274. The highest BCUT2D eigenvalue weighted by Gasteiger charge is 2.43. The molecule has 0 spiro atoms. The Labute approximate surface area is 110 Å². The lowest BCUT2D eigenvalue weighted by Gasteiger charge is -2.34. The molecule has 0 saturated heterocycles. The summed E-state index contributed by atoms with van der Waals surface area (Å²) in [6.07, 6.45) is 5.51. The zero-order valence-corrected chi connectivity index (χ0v) is 10.6. The summed E-state index contributed by atoms with van der Waals surface area (Å²) in [7, 11) is 0. The van der Waals surface area contributed by atoms with E-state index in [1.807, 2.05) is 0 Å². The third-order valence-corrected chi connectivity index (χ3v) is 3.66. The van der Waals surface area contributed by atoms with Gasteiger partial charge in [0.05, 0.1) is 6.54 Å². The molecule has 1 heterocycles. The first-order valence-corrected chi connectivity index (χ1v) is 6.34. The Balaban J connectivity index is 2.07. The lowest BCUT2D eigenvalue weighted by Crippen LogP contribution is -2.50. The molecule has 0 unspecified atom stereocenters. The summed E-state index contributed by atoms with van der Waals surface area (Å²) in [5, 5.41) is 18.5. The molecule has 7 heteroatoms. The smallest absolute Gasteiger partial charge is 0.234 e. The van der Waals surface area contributed by atoms with Gasteiger partial charge in [-0.05, 0) is 12.8 Å². The van der Waals surface area contributed by atoms with Gasteiger partial charge >= 0.3 is 0 Å². The van der Waals surface area contributed by atoms with E-state index in [1.54, 1.807) is 6.07 Å². The number of nitrogens with one attached hydrogen (secondary N) is 1. The number of hydrogen-bond donors (Lipinski definition) is 3. The van der Waals surface area contributed by atoms with E-state index in [9.17, 15) is 4.79 Å². The molecule has 0 atom stereocenters. The van der Waals surface area contributed by atoms with E-state index in [4.69, 9.17) is 15.5 Å². The standard InChI is InChI=1S/C12H18N4O3/c13-10(15-18)12(5-2-1-3-6-12)11(17)14-8-9-4-7-19-16-9/h4,7,18H,1-3,5-6,8H2,(H2,13,15)(H,14,17). The number of nitrogens with two attached hydrogens (primary N) is 1. The normalized spacial score (nSPS) is 19.1. The molecule has 1 aliphatic carbocycles. The topological polar surface area (TPSA) is 114 Å². The van der Waals surface area contributed by atoms with Gasteiger partial charge in [0, 0.05) is 6.07 Å². The summed E-state index contributed by atoms with van der Waals surface area (Å²) in [5.74, 6) is -0.227. The van der Waals surface area contributed by atoms with Crippen molar-refractivity contribution in [3.8, 4) is 0 Å². The Kier molecular flexibility index (Phi) is 4.03. The third kappa shape index (κ3) is 2.69. The number of amidine groups is 1. The van der Waals surface area contributed by atoms with E-state index in [0.717, 1.165) is 19.3 Å². The van der Waals surface area contributed by atoms with Crippen molar-refractivity contribution in [1.82, 2.24) is 10.5 Å². The Morgan fingerprint density at radius 2 is 2.26 bits per heavy atom. The number of oxime groups is 1. The monoisotopic (exact) mass is 266 g/mol. The first kappa shape index (κ1) is 13.4. The van der Waals surface area contributed by atoms with Gasteiger partial charge in [-0.1, -0.05) is 29.6 Å². The maximum atomic E-state index is 12.4. The van der Waals surface area contributed by atoms with E-state index in [1.165, 1.54) is 6.26 Å². The predicted octanol–water partition coefficient (Wildman–Crippen LogP) is 0.988. The van der Waals surface area contributed by atoms with Crippen LogP contribution < -0.4 is 11.1 Å². The van der Waals surface area contributed by atoms with Crippen LogP contribution in [-0.4, -0.2) is 22.1 Å². The second-order valence-corrected chi connectivity index (χ2v) is 4.80. The van der Waals surface area contributed by atoms with Gasteiger partial charge < -0.3 is 20.8 Å². The third-order valence-electron chi connectivity index (χ3n) is 3.66. The number of hydrogen-bond acceptors (Lipinski definition) is 5. The molecular formula is C12H18N4O3. The molecule has 19 heavy (non-hydrogen) atoms. The van der Waals surface area contributed by atoms with E-state index < -0.39 is 5.41 Å². The zero-order chi connectivity index (χ0) is 13.7. The highest BCUT2D eigenvalue weighted by molar-refractivity contribution is 6.06. The van der Waals surface area contributed by atoms with Gasteiger partial charge in [-0.3, -0.25) is 4.79 Å². The predicted molar refractivity (Wildman–Crippen MR) is 67.3 cm³/mol. The Hall–Kier alpha value is -2.05. The molecule has 2 rings (SSSR count). The molecule has 1 saturated carbocycles. The highest BCUT2D eigenvalue weighted by atomic mass is 16.5. The lowest BCUT2D eigenvalue weighted by molar-refractivity contribution is -0.129. The van der Waals surface area contributed by atoms with Crippen LogP contribution in [0, 0.1) is 5.41 Å². The van der Waals surface area contributed by atoms with Crippen molar-refractivity contribution >= 4 is 11.7 Å². The average Bonchev–Trinajstić information content (AvgIpc) is 2.97. The number of carbonyl (C=O) groups is 1. The Morgan fingerprint density at radius 1 is 1.53 bits per heavy atom. The first-order chi connectivity index (χ1) is 9.19. The fourth-order valence-electron chi connectivity index (χ4n) is 2.52. The molecule has 0 bridgehead atoms. The number of carbonyl (C=O) groups excluding carboxylic acids is 1. The van der Waals surface area contributed by atoms with Crippen molar-refractivity contribution in [2.24, 2.45) is 16.3 Å². The van der Waals surface area contributed by atoms with Crippen LogP contribution in [0.15, 0.2) is 22.0 Å². The molecule has 1 aliphatic rings. The first-order valence-electron chi connectivity index (χ1n) is 6.34. The van der Waals surface area contributed by atoms with Crippen molar-refractivity contribution in [2.75, 3.05) is 0 Å². The van der Waals surface area contributed by atoms with E-state index in [2.05, 4.69) is 15.6 Å². The van der Waals surface area contributed by atoms with Crippen molar-refractivity contribution in [2.45, 2.75) is 38.6 Å². The van der Waals surface area contributed by atoms with Crippen LogP contribution >= 0.6 is 0 Å². The van der Waals surface area contributed by atoms with Crippen LogP contribution in [0.25, 0.3) is 0 Å². The Bertz CT molecular complexity index is 450. The minimum absolute atomic E-state index is 0.00940. The maximum Gasteiger partial charge on any atom is 0.234 e. The van der Waals surface area contributed by atoms with Crippen LogP contribution in [0.4, 0.5) is 0 Å². The SMILES string of the molecule is N/C(=N/O)C1(C(=O)NCc2ccon2)CCCCC1. The second-order valence-electron chi connectivity index (χ2n) is 4.80. The molecule has 7 nitrogen and oxygen atoms in total. The molecule has 1 aromatic heterocycles. The quantitative estimate of drug-likeness (QED) is 0.325. The molecule has 1 fully saturated rings. The molecule has 104 valence electrons. The van der Waals surface area contributed by atoms with Crippen LogP contribution in [0.2, 0.25) is 0 Å². The number of rotatable bonds is 4. The molecular weight excluding hydrogens is 248 g/mol. The van der Waals surface area contributed by atoms with Crippen LogP contribution in [0.1, 0.15) is 37.8 Å². The van der Waals surface area contributed by atoms with Crippen LogP contribution in [0.5, 0.6) is 0 Å². The molecule has 0 radical (unpaired) electrons. The highest BCUT2D eigenvalue weighted by Crippen LogP contribution is 2.36. The summed E-state index contributed by atoms with van der Waals surface area (Å²) >= 11 is 0. The van der Waals surface area contributed by atoms with Gasteiger partial charge in [-0.15, -0.1) is 0 Å². The van der Waals surface area contributed by atoms with E-state index in [0.29, 0.717) is 18.5 Å². The minimum Gasteiger partial charge on any atom is -0.409 e. The van der Waals surface area contributed by atoms with Gasteiger partial charge in [0.2, 0.25) is 5.91 Å². The number of amides is 1. The fraction of sp³-hybridized carbons (Fsp3) is 0.583. The Morgan fingerprint density at radius 3 is 2.84 bits per heavy atom. The summed E-state index contributed by atoms with van der Waals surface area (Å²) in [4.78, 5) is 12.4. The summed E-state index contributed by atoms with van der Waals surface area (Å²) in [6, 6.07) is 1.68. The minimum atomic E-state index is -0.892. The van der Waals surface area contributed by atoms with Crippen molar-refractivity contribution in [3.05, 3.63) is 18.0 Å².